The van der Waals surface area contributed by atoms with Crippen molar-refractivity contribution in [3.63, 3.8) is 0 Å². The fourth-order valence-electron chi connectivity index (χ4n) is 1.94. The average Bonchev–Trinajstić information content (AvgIpc) is 2.43. The van der Waals surface area contributed by atoms with Gasteiger partial charge in [0.1, 0.15) is 5.82 Å². The molecule has 1 amide bonds. The minimum atomic E-state index is -0.733. The predicted molar refractivity (Wildman–Crippen MR) is 68.9 cm³/mol. The molecule has 20 heavy (non-hydrogen) atoms. The number of benzene rings is 1. The monoisotopic (exact) mass is 279 g/mol. The van der Waals surface area contributed by atoms with Crippen LogP contribution in [-0.4, -0.2) is 24.3 Å². The minimum Gasteiger partial charge on any atom is -0.457 e. The van der Waals surface area contributed by atoms with E-state index >= 15 is 0 Å². The van der Waals surface area contributed by atoms with E-state index in [1.165, 1.54) is 6.07 Å². The van der Waals surface area contributed by atoms with Crippen LogP contribution in [0.2, 0.25) is 0 Å². The third kappa shape index (κ3) is 3.01. The number of ether oxygens (including phenoxy) is 1. The van der Waals surface area contributed by atoms with Gasteiger partial charge in [0.2, 0.25) is 11.7 Å². The van der Waals surface area contributed by atoms with E-state index in [0.29, 0.717) is 24.1 Å². The van der Waals surface area contributed by atoms with E-state index in [1.807, 2.05) is 0 Å². The second-order valence-corrected chi connectivity index (χ2v) is 4.47. The van der Waals surface area contributed by atoms with Crippen LogP contribution in [0.5, 0.6) is 0 Å². The van der Waals surface area contributed by atoms with E-state index in [0.717, 1.165) is 6.07 Å². The number of nitrogens with one attached hydrogen (secondary N) is 1. The fourth-order valence-corrected chi connectivity index (χ4v) is 1.94. The van der Waals surface area contributed by atoms with E-state index < -0.39 is 24.2 Å². The lowest BCUT2D eigenvalue weighted by Crippen LogP contribution is -2.21. The average molecular weight is 279 g/mol. The Morgan fingerprint density at radius 3 is 2.80 bits per heavy atom. The van der Waals surface area contributed by atoms with Gasteiger partial charge in [-0.05, 0) is 24.1 Å². The number of fused-ring (bicyclic) bond motifs is 1. The quantitative estimate of drug-likeness (QED) is 0.674. The highest BCUT2D eigenvalue weighted by Crippen LogP contribution is 2.26. The molecule has 106 valence electrons. The third-order valence-electron chi connectivity index (χ3n) is 3.04. The number of anilines is 1. The molecule has 0 spiro atoms. The summed E-state index contributed by atoms with van der Waals surface area (Å²) in [6.45, 7) is 1.13. The Bertz CT molecular complexity index is 583. The molecule has 1 aromatic rings. The van der Waals surface area contributed by atoms with Crippen LogP contribution in [-0.2, 0) is 20.7 Å². The largest absolute Gasteiger partial charge is 0.457 e. The molecular formula is C14H14FNO4. The molecule has 0 aliphatic carbocycles. The van der Waals surface area contributed by atoms with Gasteiger partial charge in [-0.2, -0.15) is 0 Å². The van der Waals surface area contributed by atoms with Gasteiger partial charge in [0.05, 0.1) is 5.56 Å². The molecule has 0 unspecified atom stereocenters. The van der Waals surface area contributed by atoms with E-state index in [1.54, 1.807) is 6.92 Å². The molecular weight excluding hydrogens is 265 g/mol. The summed E-state index contributed by atoms with van der Waals surface area (Å²) in [5, 5.41) is 2.55. The number of esters is 1. The van der Waals surface area contributed by atoms with Gasteiger partial charge < -0.3 is 10.1 Å². The van der Waals surface area contributed by atoms with Crippen LogP contribution >= 0.6 is 0 Å². The molecule has 1 N–H and O–H groups in total. The van der Waals surface area contributed by atoms with Crippen molar-refractivity contribution in [2.75, 3.05) is 11.9 Å². The smallest absolute Gasteiger partial charge is 0.305 e. The van der Waals surface area contributed by atoms with Gasteiger partial charge in [-0.25, -0.2) is 4.39 Å². The zero-order valence-corrected chi connectivity index (χ0v) is 11.0. The van der Waals surface area contributed by atoms with Crippen molar-refractivity contribution >= 4 is 23.3 Å². The number of ketones is 1. The number of halogens is 1. The summed E-state index contributed by atoms with van der Waals surface area (Å²) in [7, 11) is 0. The maximum Gasteiger partial charge on any atom is 0.305 e. The van der Waals surface area contributed by atoms with Crippen molar-refractivity contribution in [2.45, 2.75) is 26.2 Å². The topological polar surface area (TPSA) is 72.5 Å². The van der Waals surface area contributed by atoms with Crippen molar-refractivity contribution in [1.82, 2.24) is 0 Å². The first-order chi connectivity index (χ1) is 9.51. The van der Waals surface area contributed by atoms with Gasteiger partial charge in [-0.15, -0.1) is 0 Å². The Balaban J connectivity index is 2.18. The Morgan fingerprint density at radius 2 is 2.10 bits per heavy atom. The summed E-state index contributed by atoms with van der Waals surface area (Å²) in [6, 6.07) is 2.54. The first kappa shape index (κ1) is 14.2. The molecule has 2 rings (SSSR count). The number of Topliss-reactive ketones (excluding diaryl/α,β-unsaturated/α-hetero) is 1. The van der Waals surface area contributed by atoms with Crippen LogP contribution < -0.4 is 5.32 Å². The van der Waals surface area contributed by atoms with Crippen LogP contribution in [0.15, 0.2) is 12.1 Å². The molecule has 0 atom stereocenters. The fraction of sp³-hybridized carbons (Fsp3) is 0.357. The van der Waals surface area contributed by atoms with Crippen LogP contribution in [0, 0.1) is 5.82 Å². The normalized spacial score (nSPS) is 13.4. The molecule has 1 aliphatic heterocycles. The SMILES string of the molecule is CCC(=O)OCC(=O)c1cc2c(cc1F)NC(=O)CC2. The number of carbonyl (C=O) groups is 3. The zero-order valence-electron chi connectivity index (χ0n) is 11.0. The van der Waals surface area contributed by atoms with E-state index in [-0.39, 0.29) is 17.9 Å². The molecule has 0 radical (unpaired) electrons. The van der Waals surface area contributed by atoms with Gasteiger partial charge in [0, 0.05) is 18.5 Å². The van der Waals surface area contributed by atoms with Crippen LogP contribution in [0.25, 0.3) is 0 Å². The number of aryl methyl sites for hydroxylation is 1. The van der Waals surface area contributed by atoms with Gasteiger partial charge in [-0.3, -0.25) is 14.4 Å². The zero-order chi connectivity index (χ0) is 14.7. The first-order valence-corrected chi connectivity index (χ1v) is 6.32. The number of hydrogen-bond acceptors (Lipinski definition) is 4. The van der Waals surface area contributed by atoms with Crippen molar-refractivity contribution in [3.8, 4) is 0 Å². The lowest BCUT2D eigenvalue weighted by molar-refractivity contribution is -0.142. The van der Waals surface area contributed by atoms with E-state index in [4.69, 9.17) is 4.74 Å². The van der Waals surface area contributed by atoms with Gasteiger partial charge >= 0.3 is 5.97 Å². The molecule has 1 aromatic carbocycles. The standard InChI is InChI=1S/C14H14FNO4/c1-2-14(19)20-7-12(17)9-5-8-3-4-13(18)16-11(8)6-10(9)15/h5-6H,2-4,7H2,1H3,(H,16,18). The Morgan fingerprint density at radius 1 is 1.35 bits per heavy atom. The van der Waals surface area contributed by atoms with Crippen molar-refractivity contribution in [3.05, 3.63) is 29.1 Å². The summed E-state index contributed by atoms with van der Waals surface area (Å²) in [5.41, 5.74) is 0.973. The number of amides is 1. The van der Waals surface area contributed by atoms with Crippen molar-refractivity contribution in [2.24, 2.45) is 0 Å². The summed E-state index contributed by atoms with van der Waals surface area (Å²) in [6.07, 6.45) is 0.916. The molecule has 1 heterocycles. The Labute approximate surface area is 115 Å². The highest BCUT2D eigenvalue weighted by atomic mass is 19.1. The Hall–Kier alpha value is -2.24. The summed E-state index contributed by atoms with van der Waals surface area (Å²) in [4.78, 5) is 34.0. The molecule has 5 nitrogen and oxygen atoms in total. The second-order valence-electron chi connectivity index (χ2n) is 4.47. The maximum atomic E-state index is 13.8. The molecule has 0 saturated carbocycles. The molecule has 0 saturated heterocycles. The van der Waals surface area contributed by atoms with Crippen LogP contribution in [0.3, 0.4) is 0 Å². The molecule has 6 heteroatoms. The van der Waals surface area contributed by atoms with Gasteiger partial charge in [0.25, 0.3) is 0 Å². The minimum absolute atomic E-state index is 0.121. The summed E-state index contributed by atoms with van der Waals surface area (Å²) < 4.78 is 18.5. The molecule has 0 bridgehead atoms. The first-order valence-electron chi connectivity index (χ1n) is 6.32. The highest BCUT2D eigenvalue weighted by Gasteiger charge is 2.21. The summed E-state index contributed by atoms with van der Waals surface area (Å²) in [5.74, 6) is -2.01. The second kappa shape index (κ2) is 5.81. The van der Waals surface area contributed by atoms with Crippen molar-refractivity contribution < 1.29 is 23.5 Å². The molecule has 0 fully saturated rings. The lowest BCUT2D eigenvalue weighted by Gasteiger charge is -2.17. The van der Waals surface area contributed by atoms with Crippen LogP contribution in [0.1, 0.15) is 35.7 Å². The van der Waals surface area contributed by atoms with Crippen molar-refractivity contribution in [1.29, 1.82) is 0 Å². The number of carbonyl (C=O) groups excluding carboxylic acids is 3. The van der Waals surface area contributed by atoms with E-state index in [2.05, 4.69) is 5.32 Å². The lowest BCUT2D eigenvalue weighted by atomic mass is 9.98. The number of hydrogen-bond donors (Lipinski definition) is 1. The summed E-state index contributed by atoms with van der Waals surface area (Å²) >= 11 is 0. The van der Waals surface area contributed by atoms with E-state index in [9.17, 15) is 18.8 Å². The number of rotatable bonds is 4. The highest BCUT2D eigenvalue weighted by molar-refractivity contribution is 6.00. The Kier molecular flexibility index (Phi) is 4.12. The molecule has 0 aromatic heterocycles. The maximum absolute atomic E-state index is 13.8. The van der Waals surface area contributed by atoms with Gasteiger partial charge in [0.15, 0.2) is 6.61 Å². The molecule has 1 aliphatic rings. The predicted octanol–water partition coefficient (Wildman–Crippen LogP) is 1.85. The van der Waals surface area contributed by atoms with Crippen LogP contribution in [0.4, 0.5) is 10.1 Å². The van der Waals surface area contributed by atoms with Gasteiger partial charge in [-0.1, -0.05) is 6.92 Å². The third-order valence-corrected chi connectivity index (χ3v) is 3.04.